The molecule has 2 N–H and O–H groups in total. The summed E-state index contributed by atoms with van der Waals surface area (Å²) in [6.45, 7) is 4.43. The van der Waals surface area contributed by atoms with Gasteiger partial charge in [-0.1, -0.05) is 0 Å². The maximum absolute atomic E-state index is 13.4. The summed E-state index contributed by atoms with van der Waals surface area (Å²) < 4.78 is 26.8. The number of carbonyl (C=O) groups is 2. The van der Waals surface area contributed by atoms with E-state index in [0.717, 1.165) is 24.2 Å². The van der Waals surface area contributed by atoms with Crippen LogP contribution >= 0.6 is 0 Å². The Hall–Kier alpha value is -2.80. The van der Waals surface area contributed by atoms with Crippen molar-refractivity contribution in [3.8, 4) is 0 Å². The SMILES string of the molecule is CC(=O)NCCC(=O)N1CC[NH+](C(c2ccc(F)cc2)c2ccc(F)cc2)CC1. The lowest BCUT2D eigenvalue weighted by Crippen LogP contribution is -3.15. The van der Waals surface area contributed by atoms with Crippen LogP contribution in [0.3, 0.4) is 0 Å². The second kappa shape index (κ2) is 9.60. The molecule has 1 heterocycles. The standard InChI is InChI=1S/C22H25F2N3O2/c1-16(28)25-11-10-21(29)26-12-14-27(15-13-26)22(17-2-6-19(23)7-3-17)18-4-8-20(24)9-5-18/h2-9,22H,10-15H2,1H3,(H,25,28)/p+1. The summed E-state index contributed by atoms with van der Waals surface area (Å²) in [6.07, 6.45) is 0.286. The highest BCUT2D eigenvalue weighted by atomic mass is 19.1. The summed E-state index contributed by atoms with van der Waals surface area (Å²) in [5.41, 5.74) is 1.91. The molecule has 3 rings (SSSR count). The molecule has 0 radical (unpaired) electrons. The van der Waals surface area contributed by atoms with Gasteiger partial charge in [-0.15, -0.1) is 0 Å². The van der Waals surface area contributed by atoms with E-state index in [2.05, 4.69) is 5.32 Å². The Balaban J connectivity index is 1.70. The van der Waals surface area contributed by atoms with Crippen LogP contribution in [0.1, 0.15) is 30.5 Å². The zero-order valence-corrected chi connectivity index (χ0v) is 16.5. The van der Waals surface area contributed by atoms with Gasteiger partial charge in [-0.2, -0.15) is 0 Å². The van der Waals surface area contributed by atoms with Crippen molar-refractivity contribution in [2.24, 2.45) is 0 Å². The molecule has 0 atom stereocenters. The number of piperazine rings is 1. The van der Waals surface area contributed by atoms with Crippen molar-refractivity contribution >= 4 is 11.8 Å². The highest BCUT2D eigenvalue weighted by Gasteiger charge is 2.31. The third kappa shape index (κ3) is 5.60. The number of rotatable bonds is 6. The minimum Gasteiger partial charge on any atom is -0.356 e. The molecule has 0 spiro atoms. The number of hydrogen-bond acceptors (Lipinski definition) is 2. The van der Waals surface area contributed by atoms with Crippen LogP contribution in [0.2, 0.25) is 0 Å². The first-order valence-corrected chi connectivity index (χ1v) is 9.82. The molecule has 1 fully saturated rings. The van der Waals surface area contributed by atoms with Gasteiger partial charge < -0.3 is 15.1 Å². The Morgan fingerprint density at radius 2 is 1.45 bits per heavy atom. The normalized spacial score (nSPS) is 14.8. The van der Waals surface area contributed by atoms with Gasteiger partial charge in [0.25, 0.3) is 0 Å². The Morgan fingerprint density at radius 1 is 0.966 bits per heavy atom. The molecule has 2 aromatic rings. The van der Waals surface area contributed by atoms with E-state index in [1.807, 2.05) is 4.90 Å². The van der Waals surface area contributed by atoms with E-state index in [1.165, 1.54) is 36.1 Å². The van der Waals surface area contributed by atoms with Crippen LogP contribution in [0.5, 0.6) is 0 Å². The molecule has 1 saturated heterocycles. The van der Waals surface area contributed by atoms with Gasteiger partial charge in [-0.3, -0.25) is 9.59 Å². The van der Waals surface area contributed by atoms with Crippen LogP contribution in [-0.4, -0.2) is 49.4 Å². The minimum atomic E-state index is -0.295. The molecule has 1 aliphatic heterocycles. The van der Waals surface area contributed by atoms with E-state index >= 15 is 0 Å². The van der Waals surface area contributed by atoms with E-state index in [1.54, 1.807) is 24.3 Å². The smallest absolute Gasteiger partial charge is 0.224 e. The summed E-state index contributed by atoms with van der Waals surface area (Å²) in [6, 6.07) is 12.7. The molecule has 29 heavy (non-hydrogen) atoms. The maximum Gasteiger partial charge on any atom is 0.224 e. The lowest BCUT2D eigenvalue weighted by atomic mass is 9.96. The van der Waals surface area contributed by atoms with Gasteiger partial charge in [0, 0.05) is 31.0 Å². The summed E-state index contributed by atoms with van der Waals surface area (Å²) in [5.74, 6) is -0.709. The molecule has 2 aromatic carbocycles. The number of amides is 2. The van der Waals surface area contributed by atoms with Crippen LogP contribution in [0.15, 0.2) is 48.5 Å². The number of halogens is 2. The fraction of sp³-hybridized carbons (Fsp3) is 0.364. The van der Waals surface area contributed by atoms with E-state index in [0.29, 0.717) is 19.6 Å². The van der Waals surface area contributed by atoms with Gasteiger partial charge in [-0.05, 0) is 48.5 Å². The Kier molecular flexibility index (Phi) is 6.93. The second-order valence-corrected chi connectivity index (χ2v) is 7.31. The highest BCUT2D eigenvalue weighted by Crippen LogP contribution is 2.20. The lowest BCUT2D eigenvalue weighted by molar-refractivity contribution is -0.929. The predicted octanol–water partition coefficient (Wildman–Crippen LogP) is 1.31. The van der Waals surface area contributed by atoms with Gasteiger partial charge in [0.05, 0.1) is 26.2 Å². The summed E-state index contributed by atoms with van der Waals surface area (Å²) in [7, 11) is 0. The molecule has 2 amide bonds. The average molecular weight is 402 g/mol. The number of hydrogen-bond donors (Lipinski definition) is 2. The zero-order valence-electron chi connectivity index (χ0n) is 16.5. The van der Waals surface area contributed by atoms with Crippen molar-refractivity contribution in [3.05, 3.63) is 71.3 Å². The van der Waals surface area contributed by atoms with E-state index in [4.69, 9.17) is 0 Å². The Labute approximate surface area is 169 Å². The molecule has 0 bridgehead atoms. The number of carbonyl (C=O) groups excluding carboxylic acids is 2. The van der Waals surface area contributed by atoms with E-state index in [-0.39, 0.29) is 35.9 Å². The van der Waals surface area contributed by atoms with Crippen LogP contribution in [0, 0.1) is 11.6 Å². The first-order valence-electron chi connectivity index (χ1n) is 9.82. The predicted molar refractivity (Wildman–Crippen MR) is 105 cm³/mol. The average Bonchev–Trinajstić information content (AvgIpc) is 2.71. The van der Waals surface area contributed by atoms with Crippen LogP contribution in [-0.2, 0) is 9.59 Å². The third-order valence-electron chi connectivity index (χ3n) is 5.29. The Bertz CT molecular complexity index is 787. The fourth-order valence-corrected chi connectivity index (χ4v) is 3.81. The largest absolute Gasteiger partial charge is 0.356 e. The molecule has 5 nitrogen and oxygen atoms in total. The van der Waals surface area contributed by atoms with Crippen molar-refractivity contribution in [1.82, 2.24) is 10.2 Å². The zero-order chi connectivity index (χ0) is 20.8. The molecule has 7 heteroatoms. The number of nitrogens with zero attached hydrogens (tertiary/aromatic N) is 1. The van der Waals surface area contributed by atoms with Crippen molar-refractivity contribution in [3.63, 3.8) is 0 Å². The molecular formula is C22H26F2N3O2+. The molecule has 0 saturated carbocycles. The van der Waals surface area contributed by atoms with Gasteiger partial charge in [0.15, 0.2) is 0 Å². The van der Waals surface area contributed by atoms with Crippen molar-refractivity contribution in [2.75, 3.05) is 32.7 Å². The Morgan fingerprint density at radius 3 is 1.90 bits per heavy atom. The van der Waals surface area contributed by atoms with Crippen LogP contribution in [0.25, 0.3) is 0 Å². The maximum atomic E-state index is 13.4. The number of nitrogens with one attached hydrogen (secondary N) is 2. The summed E-state index contributed by atoms with van der Waals surface area (Å²) in [4.78, 5) is 26.4. The van der Waals surface area contributed by atoms with Crippen molar-refractivity contribution in [2.45, 2.75) is 19.4 Å². The van der Waals surface area contributed by atoms with E-state index < -0.39 is 0 Å². The fourth-order valence-electron chi connectivity index (χ4n) is 3.81. The van der Waals surface area contributed by atoms with Gasteiger partial charge in [0.1, 0.15) is 17.7 Å². The second-order valence-electron chi connectivity index (χ2n) is 7.31. The summed E-state index contributed by atoms with van der Waals surface area (Å²) >= 11 is 0. The summed E-state index contributed by atoms with van der Waals surface area (Å²) in [5, 5.41) is 2.64. The minimum absolute atomic E-state index is 0.0258. The lowest BCUT2D eigenvalue weighted by Gasteiger charge is -2.37. The molecule has 0 aromatic heterocycles. The van der Waals surface area contributed by atoms with Crippen molar-refractivity contribution < 1.29 is 23.3 Å². The third-order valence-corrected chi connectivity index (χ3v) is 5.29. The molecular weight excluding hydrogens is 376 g/mol. The van der Waals surface area contributed by atoms with Crippen LogP contribution < -0.4 is 10.2 Å². The molecule has 0 aliphatic carbocycles. The van der Waals surface area contributed by atoms with Gasteiger partial charge in [0.2, 0.25) is 11.8 Å². The quantitative estimate of drug-likeness (QED) is 0.766. The number of quaternary nitrogens is 1. The molecule has 0 unspecified atom stereocenters. The van der Waals surface area contributed by atoms with E-state index in [9.17, 15) is 18.4 Å². The van der Waals surface area contributed by atoms with Crippen molar-refractivity contribution in [1.29, 1.82) is 0 Å². The monoisotopic (exact) mass is 402 g/mol. The van der Waals surface area contributed by atoms with Gasteiger partial charge in [-0.25, -0.2) is 8.78 Å². The number of benzene rings is 2. The van der Waals surface area contributed by atoms with Crippen LogP contribution in [0.4, 0.5) is 8.78 Å². The first-order chi connectivity index (χ1) is 13.9. The van der Waals surface area contributed by atoms with Gasteiger partial charge >= 0.3 is 0 Å². The highest BCUT2D eigenvalue weighted by molar-refractivity contribution is 5.78. The molecule has 154 valence electrons. The molecule has 1 aliphatic rings. The topological polar surface area (TPSA) is 53.9 Å². The first kappa shape index (κ1) is 20.9.